The van der Waals surface area contributed by atoms with Gasteiger partial charge in [0, 0.05) is 6.54 Å². The second kappa shape index (κ2) is 7.64. The predicted molar refractivity (Wildman–Crippen MR) is 105 cm³/mol. The van der Waals surface area contributed by atoms with Gasteiger partial charge >= 0.3 is 0 Å². The van der Waals surface area contributed by atoms with Crippen molar-refractivity contribution in [3.63, 3.8) is 0 Å². The highest BCUT2D eigenvalue weighted by molar-refractivity contribution is 6.07. The third-order valence-electron chi connectivity index (χ3n) is 5.41. The van der Waals surface area contributed by atoms with Gasteiger partial charge in [-0.1, -0.05) is 43.7 Å². The Morgan fingerprint density at radius 2 is 1.71 bits per heavy atom. The summed E-state index contributed by atoms with van der Waals surface area (Å²) in [4.78, 5) is 33.5. The molecule has 2 aliphatic rings. The lowest BCUT2D eigenvalue weighted by Gasteiger charge is -2.28. The van der Waals surface area contributed by atoms with Gasteiger partial charge in [0.25, 0.3) is 5.91 Å². The molecule has 6 nitrogen and oxygen atoms in total. The number of hydrogen-bond acceptors (Lipinski definition) is 5. The highest BCUT2D eigenvalue weighted by atomic mass is 16.7. The number of rotatable bonds is 6. The molecule has 146 valence electrons. The molecule has 0 spiro atoms. The molecule has 2 aromatic carbocycles. The molecule has 2 aromatic rings. The van der Waals surface area contributed by atoms with Crippen LogP contribution >= 0.6 is 0 Å². The normalized spacial score (nSPS) is 24.0. The molecule has 0 bridgehead atoms. The number of methoxy groups -OCH3 is 1. The number of nitrogens with zero attached hydrogens (tertiary/aromatic N) is 2. The Morgan fingerprint density at radius 3 is 2.36 bits per heavy atom. The number of anilines is 1. The molecule has 28 heavy (non-hydrogen) atoms. The van der Waals surface area contributed by atoms with Crippen molar-refractivity contribution in [2.45, 2.75) is 31.9 Å². The van der Waals surface area contributed by atoms with Crippen LogP contribution in [0.4, 0.5) is 5.69 Å². The summed E-state index contributed by atoms with van der Waals surface area (Å²) in [6, 6.07) is 16.8. The fourth-order valence-corrected chi connectivity index (χ4v) is 3.95. The number of amides is 2. The molecule has 2 fully saturated rings. The van der Waals surface area contributed by atoms with Gasteiger partial charge in [-0.3, -0.25) is 19.3 Å². The zero-order chi connectivity index (χ0) is 19.7. The fourth-order valence-electron chi connectivity index (χ4n) is 3.95. The molecular formula is C22H24N2O4. The second-order valence-corrected chi connectivity index (χ2v) is 7.11. The zero-order valence-electron chi connectivity index (χ0n) is 16.1. The number of carbonyl (C=O) groups is 2. The monoisotopic (exact) mass is 380 g/mol. The summed E-state index contributed by atoms with van der Waals surface area (Å²) in [5.41, 5.74) is 1.73. The van der Waals surface area contributed by atoms with Gasteiger partial charge in [-0.25, -0.2) is 5.06 Å². The van der Waals surface area contributed by atoms with E-state index in [1.165, 1.54) is 4.90 Å². The number of benzene rings is 2. The predicted octanol–water partition coefficient (Wildman–Crippen LogP) is 3.34. The lowest BCUT2D eigenvalue weighted by molar-refractivity contribution is -0.143. The van der Waals surface area contributed by atoms with E-state index in [1.54, 1.807) is 12.2 Å². The van der Waals surface area contributed by atoms with E-state index in [2.05, 4.69) is 0 Å². The standard InChI is InChI=1S/C22H24N2O4/c1-3-4-14-23-21(25)18-19(15-10-12-17(27-2)13-11-15)24(28-20(18)22(23)26)16-8-6-5-7-9-16/h5-13,18-20H,3-4,14H2,1-2H3/t18-,19+,20+/m0/s1. The summed E-state index contributed by atoms with van der Waals surface area (Å²) in [5.74, 6) is -0.204. The average molecular weight is 380 g/mol. The summed E-state index contributed by atoms with van der Waals surface area (Å²) in [6.45, 7) is 2.49. The molecule has 6 heteroatoms. The van der Waals surface area contributed by atoms with Gasteiger partial charge in [0.05, 0.1) is 18.8 Å². The Kier molecular flexibility index (Phi) is 5.05. The Labute approximate surface area is 164 Å². The van der Waals surface area contributed by atoms with Crippen molar-refractivity contribution in [2.24, 2.45) is 5.92 Å². The molecular weight excluding hydrogens is 356 g/mol. The van der Waals surface area contributed by atoms with Crippen LogP contribution in [0.3, 0.4) is 0 Å². The van der Waals surface area contributed by atoms with Crippen LogP contribution in [0.5, 0.6) is 5.75 Å². The first-order chi connectivity index (χ1) is 13.7. The highest BCUT2D eigenvalue weighted by Crippen LogP contribution is 2.46. The minimum atomic E-state index is -0.781. The second-order valence-electron chi connectivity index (χ2n) is 7.11. The Balaban J connectivity index is 1.72. The molecule has 4 rings (SSSR count). The molecule has 0 N–H and O–H groups in total. The first-order valence-corrected chi connectivity index (χ1v) is 9.66. The van der Waals surface area contributed by atoms with Gasteiger partial charge in [-0.05, 0) is 36.2 Å². The lowest BCUT2D eigenvalue weighted by atomic mass is 9.90. The van der Waals surface area contributed by atoms with Crippen molar-refractivity contribution in [2.75, 3.05) is 18.7 Å². The lowest BCUT2D eigenvalue weighted by Crippen LogP contribution is -2.37. The number of ether oxygens (including phenoxy) is 1. The van der Waals surface area contributed by atoms with Crippen LogP contribution in [0, 0.1) is 5.92 Å². The van der Waals surface area contributed by atoms with Crippen molar-refractivity contribution in [3.05, 3.63) is 60.2 Å². The summed E-state index contributed by atoms with van der Waals surface area (Å²) >= 11 is 0. The molecule has 2 heterocycles. The van der Waals surface area contributed by atoms with Gasteiger partial charge in [0.15, 0.2) is 6.10 Å². The maximum Gasteiger partial charge on any atom is 0.261 e. The van der Waals surface area contributed by atoms with E-state index in [4.69, 9.17) is 9.57 Å². The number of unbranched alkanes of at least 4 members (excludes halogenated alkanes) is 1. The van der Waals surface area contributed by atoms with Crippen LogP contribution in [0.2, 0.25) is 0 Å². The van der Waals surface area contributed by atoms with Crippen molar-refractivity contribution in [1.82, 2.24) is 4.90 Å². The number of hydroxylamine groups is 1. The number of carbonyl (C=O) groups excluding carboxylic acids is 2. The Morgan fingerprint density at radius 1 is 1.00 bits per heavy atom. The molecule has 2 amide bonds. The number of fused-ring (bicyclic) bond motifs is 1. The van der Waals surface area contributed by atoms with E-state index in [9.17, 15) is 9.59 Å². The quantitative estimate of drug-likeness (QED) is 0.720. The summed E-state index contributed by atoms with van der Waals surface area (Å²) in [6.07, 6.45) is 0.939. The minimum Gasteiger partial charge on any atom is -0.497 e. The van der Waals surface area contributed by atoms with Crippen molar-refractivity contribution in [3.8, 4) is 5.75 Å². The molecule has 2 saturated heterocycles. The molecule has 2 aliphatic heterocycles. The SMILES string of the molecule is CCCCN1C(=O)[C@H]2[C@@H](c3ccc(OC)cc3)N(c3ccccc3)O[C@H]2C1=O. The number of para-hydroxylation sites is 1. The summed E-state index contributed by atoms with van der Waals surface area (Å²) in [7, 11) is 1.62. The maximum atomic E-state index is 13.2. The van der Waals surface area contributed by atoms with Crippen molar-refractivity contribution in [1.29, 1.82) is 0 Å². The molecule has 3 atom stereocenters. The number of imide groups is 1. The van der Waals surface area contributed by atoms with Crippen LogP contribution in [0.25, 0.3) is 0 Å². The van der Waals surface area contributed by atoms with Gasteiger partial charge in [-0.2, -0.15) is 0 Å². The topological polar surface area (TPSA) is 59.1 Å². The Bertz CT molecular complexity index is 853. The summed E-state index contributed by atoms with van der Waals surface area (Å²) in [5, 5.41) is 1.71. The smallest absolute Gasteiger partial charge is 0.261 e. The third kappa shape index (κ3) is 3.03. The minimum absolute atomic E-state index is 0.150. The Hall–Kier alpha value is -2.86. The van der Waals surface area contributed by atoms with Crippen LogP contribution in [0.1, 0.15) is 31.4 Å². The van der Waals surface area contributed by atoms with Crippen LogP contribution in [-0.4, -0.2) is 36.5 Å². The van der Waals surface area contributed by atoms with E-state index in [1.807, 2.05) is 61.5 Å². The van der Waals surface area contributed by atoms with Gasteiger partial charge < -0.3 is 4.74 Å². The molecule has 0 saturated carbocycles. The highest BCUT2D eigenvalue weighted by Gasteiger charge is 2.59. The largest absolute Gasteiger partial charge is 0.497 e. The van der Waals surface area contributed by atoms with E-state index in [-0.39, 0.29) is 17.9 Å². The van der Waals surface area contributed by atoms with Gasteiger partial charge in [0.1, 0.15) is 11.7 Å². The van der Waals surface area contributed by atoms with Crippen LogP contribution < -0.4 is 9.80 Å². The zero-order valence-corrected chi connectivity index (χ0v) is 16.1. The van der Waals surface area contributed by atoms with E-state index in [0.29, 0.717) is 6.54 Å². The van der Waals surface area contributed by atoms with Crippen molar-refractivity contribution >= 4 is 17.5 Å². The van der Waals surface area contributed by atoms with Gasteiger partial charge in [0.2, 0.25) is 5.91 Å². The summed E-state index contributed by atoms with van der Waals surface area (Å²) < 4.78 is 5.26. The van der Waals surface area contributed by atoms with E-state index < -0.39 is 12.0 Å². The number of likely N-dealkylation sites (tertiary alicyclic amines) is 1. The third-order valence-corrected chi connectivity index (χ3v) is 5.41. The van der Waals surface area contributed by atoms with Crippen LogP contribution in [0.15, 0.2) is 54.6 Å². The van der Waals surface area contributed by atoms with Crippen molar-refractivity contribution < 1.29 is 19.2 Å². The maximum absolute atomic E-state index is 13.2. The molecule has 0 aliphatic carbocycles. The van der Waals surface area contributed by atoms with E-state index in [0.717, 1.165) is 29.8 Å². The molecule has 0 aromatic heterocycles. The first-order valence-electron chi connectivity index (χ1n) is 9.66. The number of hydrogen-bond donors (Lipinski definition) is 0. The van der Waals surface area contributed by atoms with Crippen LogP contribution in [-0.2, 0) is 14.4 Å². The first kappa shape index (κ1) is 18.5. The molecule has 0 radical (unpaired) electrons. The molecule has 0 unspecified atom stereocenters. The average Bonchev–Trinajstić information content (AvgIpc) is 3.24. The van der Waals surface area contributed by atoms with Gasteiger partial charge in [-0.15, -0.1) is 0 Å². The fraction of sp³-hybridized carbons (Fsp3) is 0.364. The van der Waals surface area contributed by atoms with E-state index >= 15 is 0 Å².